The van der Waals surface area contributed by atoms with Crippen LogP contribution >= 0.6 is 23.2 Å². The molecule has 0 aliphatic carbocycles. The third-order valence-corrected chi connectivity index (χ3v) is 4.34. The van der Waals surface area contributed by atoms with Crippen LogP contribution in [-0.2, 0) is 17.1 Å². The molecule has 0 saturated heterocycles. The van der Waals surface area contributed by atoms with Crippen molar-refractivity contribution in [2.45, 2.75) is 4.90 Å². The molecule has 2 aromatic rings. The molecule has 3 N–H and O–H groups in total. The number of amides is 1. The smallest absolute Gasteiger partial charge is 0.275 e. The van der Waals surface area contributed by atoms with Crippen molar-refractivity contribution >= 4 is 45.0 Å². The molecule has 7 nitrogen and oxygen atoms in total. The van der Waals surface area contributed by atoms with Crippen LogP contribution in [0.1, 0.15) is 10.5 Å². The van der Waals surface area contributed by atoms with Gasteiger partial charge in [-0.15, -0.1) is 0 Å². The Morgan fingerprint density at radius 3 is 2.55 bits per heavy atom. The number of nitrogens with one attached hydrogen (secondary N) is 1. The van der Waals surface area contributed by atoms with Crippen molar-refractivity contribution < 1.29 is 17.6 Å². The van der Waals surface area contributed by atoms with Gasteiger partial charge in [-0.2, -0.15) is 0 Å². The first kappa shape index (κ1) is 16.7. The van der Waals surface area contributed by atoms with Gasteiger partial charge in [0.05, 0.1) is 5.02 Å². The number of rotatable bonds is 3. The molecule has 22 heavy (non-hydrogen) atoms. The maximum Gasteiger partial charge on any atom is 0.275 e. The number of sulfonamides is 1. The molecule has 0 aromatic carbocycles. The molecular formula is C11H9Cl2FN4O3S. The van der Waals surface area contributed by atoms with Gasteiger partial charge in [-0.3, -0.25) is 4.79 Å². The standard InChI is InChI=1S/C11H9Cl2FN4O3S/c1-18-4-6(22(15,20)21)8(12)9(18)11(19)17-7-3-2-5(14)10(13)16-7/h2-4H,1H3,(H2,15,20,21)(H,16,17,19). The summed E-state index contributed by atoms with van der Waals surface area (Å²) in [6, 6.07) is 2.21. The van der Waals surface area contributed by atoms with E-state index < -0.39 is 26.9 Å². The Hall–Kier alpha value is -1.68. The first-order valence-electron chi connectivity index (χ1n) is 5.62. The first-order chi connectivity index (χ1) is 10.1. The molecule has 0 aliphatic heterocycles. The Bertz CT molecular complexity index is 866. The Balaban J connectivity index is 2.38. The molecule has 0 bridgehead atoms. The second kappa shape index (κ2) is 5.84. The highest BCUT2D eigenvalue weighted by molar-refractivity contribution is 7.89. The minimum Gasteiger partial charge on any atom is -0.344 e. The van der Waals surface area contributed by atoms with Crippen LogP contribution in [0.5, 0.6) is 0 Å². The predicted octanol–water partition coefficient (Wildman–Crippen LogP) is 1.77. The number of carbonyl (C=O) groups is 1. The minimum atomic E-state index is -4.07. The zero-order valence-corrected chi connectivity index (χ0v) is 13.3. The summed E-state index contributed by atoms with van der Waals surface area (Å²) in [5.41, 5.74) is -0.145. The zero-order valence-electron chi connectivity index (χ0n) is 11.0. The van der Waals surface area contributed by atoms with Crippen LogP contribution in [0.3, 0.4) is 0 Å². The van der Waals surface area contributed by atoms with Gasteiger partial charge in [0.2, 0.25) is 10.0 Å². The summed E-state index contributed by atoms with van der Waals surface area (Å²) in [5.74, 6) is -1.52. The first-order valence-corrected chi connectivity index (χ1v) is 7.92. The van der Waals surface area contributed by atoms with E-state index in [0.717, 1.165) is 12.3 Å². The van der Waals surface area contributed by atoms with Crippen LogP contribution in [0.25, 0.3) is 0 Å². The fraction of sp³-hybridized carbons (Fsp3) is 0.0909. The van der Waals surface area contributed by atoms with Crippen LogP contribution in [-0.4, -0.2) is 23.9 Å². The molecule has 2 aromatic heterocycles. The number of carbonyl (C=O) groups excluding carboxylic acids is 1. The average molecular weight is 367 g/mol. The largest absolute Gasteiger partial charge is 0.344 e. The molecule has 0 atom stereocenters. The van der Waals surface area contributed by atoms with Crippen LogP contribution in [0.2, 0.25) is 10.2 Å². The van der Waals surface area contributed by atoms with Gasteiger partial charge in [-0.05, 0) is 12.1 Å². The van der Waals surface area contributed by atoms with Gasteiger partial charge in [0.25, 0.3) is 5.91 Å². The molecule has 0 fully saturated rings. The maximum atomic E-state index is 13.0. The van der Waals surface area contributed by atoms with Crippen LogP contribution in [0, 0.1) is 5.82 Å². The maximum absolute atomic E-state index is 13.0. The molecule has 0 radical (unpaired) electrons. The molecule has 0 aliphatic rings. The van der Waals surface area contributed by atoms with E-state index >= 15 is 0 Å². The highest BCUT2D eigenvalue weighted by Crippen LogP contribution is 2.27. The molecule has 1 amide bonds. The molecular weight excluding hydrogens is 358 g/mol. The van der Waals surface area contributed by atoms with E-state index in [4.69, 9.17) is 28.3 Å². The topological polar surface area (TPSA) is 107 Å². The zero-order chi connectivity index (χ0) is 16.7. The quantitative estimate of drug-likeness (QED) is 0.806. The highest BCUT2D eigenvalue weighted by atomic mass is 35.5. The average Bonchev–Trinajstić information content (AvgIpc) is 2.69. The fourth-order valence-electron chi connectivity index (χ4n) is 1.69. The summed E-state index contributed by atoms with van der Waals surface area (Å²) >= 11 is 11.4. The number of aromatic nitrogens is 2. The highest BCUT2D eigenvalue weighted by Gasteiger charge is 2.25. The van der Waals surface area contributed by atoms with Gasteiger partial charge in [0.1, 0.15) is 16.4 Å². The number of halogens is 3. The monoisotopic (exact) mass is 366 g/mol. The van der Waals surface area contributed by atoms with Crippen molar-refractivity contribution in [2.24, 2.45) is 12.2 Å². The number of anilines is 1. The van der Waals surface area contributed by atoms with Crippen LogP contribution in [0.4, 0.5) is 10.2 Å². The van der Waals surface area contributed by atoms with Gasteiger partial charge >= 0.3 is 0 Å². The number of primary sulfonamides is 1. The Morgan fingerprint density at radius 2 is 2.05 bits per heavy atom. The van der Waals surface area contributed by atoms with Crippen molar-refractivity contribution in [3.63, 3.8) is 0 Å². The van der Waals surface area contributed by atoms with E-state index in [9.17, 15) is 17.6 Å². The van der Waals surface area contributed by atoms with Crippen molar-refractivity contribution in [1.82, 2.24) is 9.55 Å². The second-order valence-corrected chi connectivity index (χ2v) is 6.50. The minimum absolute atomic E-state index is 0.0224. The third kappa shape index (κ3) is 3.22. The molecule has 2 heterocycles. The number of hydrogen-bond acceptors (Lipinski definition) is 4. The summed E-state index contributed by atoms with van der Waals surface area (Å²) < 4.78 is 36.9. The van der Waals surface area contributed by atoms with E-state index in [0.29, 0.717) is 0 Å². The molecule has 2 rings (SSSR count). The number of nitrogens with two attached hydrogens (primary N) is 1. The number of aryl methyl sites for hydroxylation is 1. The Labute approximate surface area is 134 Å². The number of hydrogen-bond donors (Lipinski definition) is 2. The van der Waals surface area contributed by atoms with E-state index in [1.165, 1.54) is 17.7 Å². The van der Waals surface area contributed by atoms with Gasteiger partial charge in [0.15, 0.2) is 11.0 Å². The van der Waals surface area contributed by atoms with Gasteiger partial charge in [0, 0.05) is 13.2 Å². The van der Waals surface area contributed by atoms with E-state index in [2.05, 4.69) is 10.3 Å². The van der Waals surface area contributed by atoms with Crippen molar-refractivity contribution in [1.29, 1.82) is 0 Å². The Kier molecular flexibility index (Phi) is 4.43. The van der Waals surface area contributed by atoms with Crippen LogP contribution in [0.15, 0.2) is 23.2 Å². The molecule has 0 spiro atoms. The Morgan fingerprint density at radius 1 is 1.41 bits per heavy atom. The third-order valence-electron chi connectivity index (χ3n) is 2.65. The second-order valence-electron chi connectivity index (χ2n) is 4.24. The van der Waals surface area contributed by atoms with E-state index in [1.54, 1.807) is 0 Å². The van der Waals surface area contributed by atoms with E-state index in [1.807, 2.05) is 0 Å². The SMILES string of the molecule is Cn1cc(S(N)(=O)=O)c(Cl)c1C(=O)Nc1ccc(F)c(Cl)n1. The molecule has 11 heteroatoms. The molecule has 0 saturated carbocycles. The van der Waals surface area contributed by atoms with Crippen molar-refractivity contribution in [2.75, 3.05) is 5.32 Å². The normalized spacial score (nSPS) is 11.5. The lowest BCUT2D eigenvalue weighted by atomic mass is 10.3. The lowest BCUT2D eigenvalue weighted by molar-refractivity contribution is 0.101. The lowest BCUT2D eigenvalue weighted by Gasteiger charge is -2.06. The summed E-state index contributed by atoms with van der Waals surface area (Å²) in [7, 11) is -2.66. The number of pyridine rings is 1. The molecule has 0 unspecified atom stereocenters. The van der Waals surface area contributed by atoms with Crippen LogP contribution < -0.4 is 10.5 Å². The fourth-order valence-corrected chi connectivity index (χ4v) is 3.09. The van der Waals surface area contributed by atoms with Gasteiger partial charge in [-0.25, -0.2) is 22.9 Å². The summed E-state index contributed by atoms with van der Waals surface area (Å²) in [6.07, 6.45) is 1.11. The van der Waals surface area contributed by atoms with Gasteiger partial charge in [-0.1, -0.05) is 23.2 Å². The van der Waals surface area contributed by atoms with Crippen molar-refractivity contribution in [3.8, 4) is 0 Å². The van der Waals surface area contributed by atoms with Gasteiger partial charge < -0.3 is 9.88 Å². The summed E-state index contributed by atoms with van der Waals surface area (Å²) in [5, 5.41) is 6.59. The summed E-state index contributed by atoms with van der Waals surface area (Å²) in [6.45, 7) is 0. The van der Waals surface area contributed by atoms with Crippen molar-refractivity contribution in [3.05, 3.63) is 40.0 Å². The number of nitrogens with zero attached hydrogens (tertiary/aromatic N) is 2. The summed E-state index contributed by atoms with van der Waals surface area (Å²) in [4.78, 5) is 15.4. The predicted molar refractivity (Wildman–Crippen MR) is 79.0 cm³/mol. The molecule has 118 valence electrons. The lowest BCUT2D eigenvalue weighted by Crippen LogP contribution is -2.17. The van der Waals surface area contributed by atoms with E-state index in [-0.39, 0.29) is 21.4 Å².